The van der Waals surface area contributed by atoms with Crippen LogP contribution in [0.2, 0.25) is 0 Å². The van der Waals surface area contributed by atoms with Gasteiger partial charge in [0.05, 0.1) is 17.1 Å². The Kier molecular flexibility index (Phi) is 4.84. The molecule has 124 valence electrons. The fourth-order valence-electron chi connectivity index (χ4n) is 2.73. The maximum absolute atomic E-state index is 10.6. The highest BCUT2D eigenvalue weighted by Gasteiger charge is 2.18. The van der Waals surface area contributed by atoms with Crippen LogP contribution in [-0.2, 0) is 13.0 Å². The molecule has 0 aliphatic rings. The molecule has 0 unspecified atom stereocenters. The van der Waals surface area contributed by atoms with Crippen LogP contribution >= 0.6 is 0 Å². The number of furan rings is 1. The summed E-state index contributed by atoms with van der Waals surface area (Å²) in [6, 6.07) is 7.58. The summed E-state index contributed by atoms with van der Waals surface area (Å²) in [6.07, 6.45) is 4.69. The number of rotatable bonds is 7. The minimum Gasteiger partial charge on any atom is -0.457 e. The number of hydrogen-bond donors (Lipinski definition) is 1. The van der Waals surface area contributed by atoms with Crippen molar-refractivity contribution in [2.75, 3.05) is 5.32 Å². The molecular weight excluding hydrogens is 304 g/mol. The summed E-state index contributed by atoms with van der Waals surface area (Å²) in [5.74, 6) is 1.64. The van der Waals surface area contributed by atoms with Crippen molar-refractivity contribution in [2.45, 2.75) is 39.7 Å². The second kappa shape index (κ2) is 7.21. The van der Waals surface area contributed by atoms with E-state index in [4.69, 9.17) is 4.42 Å². The first-order valence-electron chi connectivity index (χ1n) is 8.12. The Labute approximate surface area is 140 Å². The molecule has 0 aliphatic carbocycles. The Hall–Kier alpha value is -2.76. The van der Waals surface area contributed by atoms with E-state index in [0.29, 0.717) is 5.69 Å². The number of fused-ring (bicyclic) bond motifs is 1. The Morgan fingerprint density at radius 3 is 2.92 bits per heavy atom. The SMILES string of the molecule is CCCCc1oc2c(C)nc(CN=O)cc2c1Nc1ccccn1. The number of unbranched alkanes of at least 4 members (excludes halogenated alkanes) is 1. The Bertz CT molecular complexity index is 843. The highest BCUT2D eigenvalue weighted by Crippen LogP contribution is 2.35. The van der Waals surface area contributed by atoms with E-state index in [0.717, 1.165) is 53.2 Å². The summed E-state index contributed by atoms with van der Waals surface area (Å²) >= 11 is 0. The quantitative estimate of drug-likeness (QED) is 0.626. The largest absolute Gasteiger partial charge is 0.457 e. The van der Waals surface area contributed by atoms with Crippen LogP contribution in [0.1, 0.15) is 36.9 Å². The number of aryl methyl sites for hydroxylation is 2. The zero-order valence-electron chi connectivity index (χ0n) is 13.9. The van der Waals surface area contributed by atoms with Crippen LogP contribution in [0.15, 0.2) is 40.1 Å². The molecule has 24 heavy (non-hydrogen) atoms. The van der Waals surface area contributed by atoms with Crippen LogP contribution in [0.3, 0.4) is 0 Å². The van der Waals surface area contributed by atoms with Gasteiger partial charge in [-0.25, -0.2) is 4.98 Å². The summed E-state index contributed by atoms with van der Waals surface area (Å²) in [5.41, 5.74) is 3.05. The molecule has 3 heterocycles. The molecule has 0 radical (unpaired) electrons. The molecule has 1 N–H and O–H groups in total. The van der Waals surface area contributed by atoms with Gasteiger partial charge in [0.1, 0.15) is 18.1 Å². The third-order valence-corrected chi connectivity index (χ3v) is 3.87. The van der Waals surface area contributed by atoms with Gasteiger partial charge in [0.15, 0.2) is 5.58 Å². The first-order valence-corrected chi connectivity index (χ1v) is 8.12. The van der Waals surface area contributed by atoms with Gasteiger partial charge < -0.3 is 9.73 Å². The second-order valence-corrected chi connectivity index (χ2v) is 5.71. The number of aromatic nitrogens is 2. The zero-order valence-corrected chi connectivity index (χ0v) is 13.9. The fourth-order valence-corrected chi connectivity index (χ4v) is 2.73. The monoisotopic (exact) mass is 324 g/mol. The molecule has 0 aromatic carbocycles. The number of nitrogens with one attached hydrogen (secondary N) is 1. The molecule has 0 amide bonds. The maximum Gasteiger partial charge on any atom is 0.157 e. The van der Waals surface area contributed by atoms with Crippen LogP contribution in [0, 0.1) is 11.8 Å². The van der Waals surface area contributed by atoms with Gasteiger partial charge in [0.25, 0.3) is 0 Å². The third kappa shape index (κ3) is 3.27. The second-order valence-electron chi connectivity index (χ2n) is 5.71. The van der Waals surface area contributed by atoms with Gasteiger partial charge in [-0.2, -0.15) is 4.91 Å². The van der Waals surface area contributed by atoms with Gasteiger partial charge in [-0.3, -0.25) is 4.98 Å². The standard InChI is InChI=1S/C18H20N4O2/c1-3-4-7-15-17(22-16-8-5-6-9-19-16)14-10-13(11-20-23)21-12(2)18(14)24-15/h5-6,8-10H,3-4,7,11H2,1-2H3,(H,19,22). The maximum atomic E-state index is 10.6. The van der Waals surface area contributed by atoms with Gasteiger partial charge >= 0.3 is 0 Å². The molecule has 0 aliphatic heterocycles. The number of nitrogens with zero attached hydrogens (tertiary/aromatic N) is 3. The van der Waals surface area contributed by atoms with Crippen molar-refractivity contribution in [3.8, 4) is 0 Å². The summed E-state index contributed by atoms with van der Waals surface area (Å²) in [6.45, 7) is 4.08. The van der Waals surface area contributed by atoms with E-state index in [9.17, 15) is 4.91 Å². The van der Waals surface area contributed by atoms with E-state index in [1.54, 1.807) is 6.20 Å². The van der Waals surface area contributed by atoms with Crippen LogP contribution in [0.4, 0.5) is 11.5 Å². The van der Waals surface area contributed by atoms with E-state index in [1.807, 2.05) is 31.2 Å². The van der Waals surface area contributed by atoms with E-state index in [-0.39, 0.29) is 6.54 Å². The van der Waals surface area contributed by atoms with Crippen LogP contribution in [0.5, 0.6) is 0 Å². The van der Waals surface area contributed by atoms with Gasteiger partial charge in [-0.15, -0.1) is 0 Å². The van der Waals surface area contributed by atoms with Crippen LogP contribution in [0.25, 0.3) is 11.0 Å². The van der Waals surface area contributed by atoms with Gasteiger partial charge in [-0.05, 0) is 31.5 Å². The average molecular weight is 324 g/mol. The third-order valence-electron chi connectivity index (χ3n) is 3.87. The molecule has 0 atom stereocenters. The molecular formula is C18H20N4O2. The van der Waals surface area contributed by atoms with E-state index >= 15 is 0 Å². The van der Waals surface area contributed by atoms with Crippen molar-refractivity contribution < 1.29 is 4.42 Å². The van der Waals surface area contributed by atoms with Crippen molar-refractivity contribution in [1.29, 1.82) is 0 Å². The highest BCUT2D eigenvalue weighted by molar-refractivity contribution is 5.95. The molecule has 6 heteroatoms. The van der Waals surface area contributed by atoms with Crippen molar-refractivity contribution in [2.24, 2.45) is 5.18 Å². The Balaban J connectivity index is 2.11. The van der Waals surface area contributed by atoms with E-state index in [1.165, 1.54) is 0 Å². The molecule has 3 rings (SSSR count). The molecule has 3 aromatic rings. The minimum absolute atomic E-state index is 0.0509. The molecule has 0 saturated carbocycles. The molecule has 0 bridgehead atoms. The first-order chi connectivity index (χ1) is 11.7. The highest BCUT2D eigenvalue weighted by atomic mass is 16.3. The van der Waals surface area contributed by atoms with Gasteiger partial charge in [0.2, 0.25) is 0 Å². The number of hydrogen-bond acceptors (Lipinski definition) is 6. The zero-order chi connectivity index (χ0) is 16.9. The van der Waals surface area contributed by atoms with Crippen molar-refractivity contribution in [3.63, 3.8) is 0 Å². The van der Waals surface area contributed by atoms with E-state index in [2.05, 4.69) is 27.4 Å². The molecule has 6 nitrogen and oxygen atoms in total. The summed E-state index contributed by atoms with van der Waals surface area (Å²) in [4.78, 5) is 19.3. The lowest BCUT2D eigenvalue weighted by atomic mass is 10.1. The van der Waals surface area contributed by atoms with Crippen molar-refractivity contribution >= 4 is 22.5 Å². The number of nitroso groups, excluding NO2 is 1. The van der Waals surface area contributed by atoms with Crippen molar-refractivity contribution in [3.05, 3.63) is 52.5 Å². The number of anilines is 2. The lowest BCUT2D eigenvalue weighted by Gasteiger charge is -2.06. The molecule has 0 fully saturated rings. The Morgan fingerprint density at radius 2 is 2.21 bits per heavy atom. The van der Waals surface area contributed by atoms with Crippen molar-refractivity contribution in [1.82, 2.24) is 9.97 Å². The lowest BCUT2D eigenvalue weighted by Crippen LogP contribution is -1.96. The Morgan fingerprint density at radius 1 is 1.33 bits per heavy atom. The van der Waals surface area contributed by atoms with Crippen LogP contribution < -0.4 is 5.32 Å². The topological polar surface area (TPSA) is 80.4 Å². The fraction of sp³-hybridized carbons (Fsp3) is 0.333. The molecule has 0 saturated heterocycles. The summed E-state index contributed by atoms with van der Waals surface area (Å²) < 4.78 is 6.08. The smallest absolute Gasteiger partial charge is 0.157 e. The predicted molar refractivity (Wildman–Crippen MR) is 94.4 cm³/mol. The molecule has 3 aromatic heterocycles. The van der Waals surface area contributed by atoms with E-state index < -0.39 is 0 Å². The van der Waals surface area contributed by atoms with Gasteiger partial charge in [0, 0.05) is 18.0 Å². The van der Waals surface area contributed by atoms with Gasteiger partial charge in [-0.1, -0.05) is 24.6 Å². The minimum atomic E-state index is 0.0509. The average Bonchev–Trinajstić information content (AvgIpc) is 2.93. The first kappa shape index (κ1) is 16.1. The summed E-state index contributed by atoms with van der Waals surface area (Å²) in [5, 5.41) is 7.22. The summed E-state index contributed by atoms with van der Waals surface area (Å²) in [7, 11) is 0. The lowest BCUT2D eigenvalue weighted by molar-refractivity contribution is 0.535. The predicted octanol–water partition coefficient (Wildman–Crippen LogP) is 4.88. The molecule has 0 spiro atoms. The number of pyridine rings is 2. The normalized spacial score (nSPS) is 10.9. The van der Waals surface area contributed by atoms with Crippen LogP contribution in [-0.4, -0.2) is 9.97 Å².